The van der Waals surface area contributed by atoms with Crippen LogP contribution in [0.2, 0.25) is 0 Å². The second-order valence-electron chi connectivity index (χ2n) is 4.80. The van der Waals surface area contributed by atoms with Crippen molar-refractivity contribution in [2.45, 2.75) is 44.4 Å². The molecule has 84 valence electrons. The molecule has 0 saturated heterocycles. The van der Waals surface area contributed by atoms with Gasteiger partial charge >= 0.3 is 0 Å². The van der Waals surface area contributed by atoms with Gasteiger partial charge in [0.1, 0.15) is 5.75 Å². The van der Waals surface area contributed by atoms with Crippen LogP contribution in [-0.2, 0) is 11.8 Å². The first-order valence-corrected chi connectivity index (χ1v) is 6.53. The van der Waals surface area contributed by atoms with E-state index in [0.29, 0.717) is 5.75 Å². The fourth-order valence-electron chi connectivity index (χ4n) is 1.60. The summed E-state index contributed by atoms with van der Waals surface area (Å²) in [4.78, 5) is 0.985. The van der Waals surface area contributed by atoms with Gasteiger partial charge in [0.2, 0.25) is 0 Å². The van der Waals surface area contributed by atoms with Gasteiger partial charge in [-0.3, -0.25) is 0 Å². The van der Waals surface area contributed by atoms with Crippen LogP contribution in [0.4, 0.5) is 0 Å². The number of hydrogen-bond donors (Lipinski definition) is 1. The van der Waals surface area contributed by atoms with E-state index in [9.17, 15) is 5.11 Å². The third-order valence-corrected chi connectivity index (χ3v) is 3.32. The predicted octanol–water partition coefficient (Wildman–Crippen LogP) is 3.97. The third-order valence-electron chi connectivity index (χ3n) is 2.57. The SMILES string of the molecule is CCc1cc(SC)c(O)c(C(C)(C)C)c1. The van der Waals surface area contributed by atoms with Crippen LogP contribution in [0.15, 0.2) is 17.0 Å². The second kappa shape index (κ2) is 4.48. The summed E-state index contributed by atoms with van der Waals surface area (Å²) >= 11 is 1.61. The van der Waals surface area contributed by atoms with E-state index in [4.69, 9.17) is 0 Å². The molecule has 1 rings (SSSR count). The highest BCUT2D eigenvalue weighted by Crippen LogP contribution is 2.38. The quantitative estimate of drug-likeness (QED) is 0.767. The summed E-state index contributed by atoms with van der Waals surface area (Å²) in [5.74, 6) is 0.451. The van der Waals surface area contributed by atoms with E-state index in [-0.39, 0.29) is 5.41 Å². The molecular weight excluding hydrogens is 204 g/mol. The fraction of sp³-hybridized carbons (Fsp3) is 0.538. The number of phenols is 1. The lowest BCUT2D eigenvalue weighted by Crippen LogP contribution is -2.12. The minimum absolute atomic E-state index is 0.000255. The van der Waals surface area contributed by atoms with Crippen molar-refractivity contribution in [1.82, 2.24) is 0 Å². The van der Waals surface area contributed by atoms with Gasteiger partial charge in [-0.15, -0.1) is 11.8 Å². The summed E-state index contributed by atoms with van der Waals surface area (Å²) in [5, 5.41) is 10.1. The van der Waals surface area contributed by atoms with E-state index in [2.05, 4.69) is 39.8 Å². The molecule has 0 radical (unpaired) electrons. The smallest absolute Gasteiger partial charge is 0.132 e. The minimum Gasteiger partial charge on any atom is -0.506 e. The number of aryl methyl sites for hydroxylation is 1. The molecule has 15 heavy (non-hydrogen) atoms. The number of rotatable bonds is 2. The Balaban J connectivity index is 3.37. The van der Waals surface area contributed by atoms with Crippen LogP contribution in [-0.4, -0.2) is 11.4 Å². The standard InChI is InChI=1S/C13H20OS/c1-6-9-7-10(13(2,3)4)12(14)11(8-9)15-5/h7-8,14H,6H2,1-5H3. The van der Waals surface area contributed by atoms with Crippen molar-refractivity contribution in [2.24, 2.45) is 0 Å². The van der Waals surface area contributed by atoms with Gasteiger partial charge in [0, 0.05) is 10.5 Å². The molecule has 0 spiro atoms. The second-order valence-corrected chi connectivity index (χ2v) is 5.65. The normalized spacial score (nSPS) is 11.8. The van der Waals surface area contributed by atoms with E-state index in [0.717, 1.165) is 16.9 Å². The molecule has 0 aliphatic carbocycles. The molecule has 0 saturated carbocycles. The summed E-state index contributed by atoms with van der Waals surface area (Å²) in [6.45, 7) is 8.53. The lowest BCUT2D eigenvalue weighted by molar-refractivity contribution is 0.434. The van der Waals surface area contributed by atoms with Crippen molar-refractivity contribution in [3.8, 4) is 5.75 Å². The number of benzene rings is 1. The summed E-state index contributed by atoms with van der Waals surface area (Å²) in [5.41, 5.74) is 2.34. The van der Waals surface area contributed by atoms with Crippen LogP contribution < -0.4 is 0 Å². The van der Waals surface area contributed by atoms with Crippen molar-refractivity contribution in [2.75, 3.05) is 6.26 Å². The van der Waals surface area contributed by atoms with Gasteiger partial charge in [-0.2, -0.15) is 0 Å². The maximum Gasteiger partial charge on any atom is 0.132 e. The highest BCUT2D eigenvalue weighted by atomic mass is 32.2. The predicted molar refractivity (Wildman–Crippen MR) is 68.0 cm³/mol. The van der Waals surface area contributed by atoms with Crippen LogP contribution in [0.25, 0.3) is 0 Å². The Bertz CT molecular complexity index is 350. The molecule has 0 aliphatic heterocycles. The van der Waals surface area contributed by atoms with Crippen molar-refractivity contribution < 1.29 is 5.11 Å². The zero-order chi connectivity index (χ0) is 11.6. The largest absolute Gasteiger partial charge is 0.506 e. The summed E-state index contributed by atoms with van der Waals surface area (Å²) in [6.07, 6.45) is 3.01. The van der Waals surface area contributed by atoms with Crippen LogP contribution in [0.3, 0.4) is 0 Å². The molecule has 1 aromatic rings. The number of hydrogen-bond acceptors (Lipinski definition) is 2. The van der Waals surface area contributed by atoms with E-state index in [1.54, 1.807) is 11.8 Å². The molecule has 0 heterocycles. The first-order valence-electron chi connectivity index (χ1n) is 5.30. The topological polar surface area (TPSA) is 20.2 Å². The fourth-order valence-corrected chi connectivity index (χ4v) is 2.17. The molecular formula is C13H20OS. The molecule has 0 atom stereocenters. The van der Waals surface area contributed by atoms with Crippen molar-refractivity contribution in [1.29, 1.82) is 0 Å². The Labute approximate surface area is 96.9 Å². The lowest BCUT2D eigenvalue weighted by Gasteiger charge is -2.22. The highest BCUT2D eigenvalue weighted by Gasteiger charge is 2.20. The van der Waals surface area contributed by atoms with E-state index >= 15 is 0 Å². The molecule has 0 amide bonds. The monoisotopic (exact) mass is 224 g/mol. The Morgan fingerprint density at radius 3 is 2.27 bits per heavy atom. The highest BCUT2D eigenvalue weighted by molar-refractivity contribution is 7.98. The van der Waals surface area contributed by atoms with Crippen LogP contribution in [0, 0.1) is 0 Å². The van der Waals surface area contributed by atoms with E-state index < -0.39 is 0 Å². The van der Waals surface area contributed by atoms with Gasteiger partial charge in [0.15, 0.2) is 0 Å². The summed E-state index contributed by atoms with van der Waals surface area (Å²) in [6, 6.07) is 4.20. The molecule has 1 nitrogen and oxygen atoms in total. The maximum absolute atomic E-state index is 10.1. The van der Waals surface area contributed by atoms with Gasteiger partial charge in [-0.1, -0.05) is 33.8 Å². The Morgan fingerprint density at radius 1 is 1.27 bits per heavy atom. The summed E-state index contributed by atoms with van der Waals surface area (Å²) < 4.78 is 0. The molecule has 1 aromatic carbocycles. The molecule has 0 aromatic heterocycles. The van der Waals surface area contributed by atoms with Crippen molar-refractivity contribution >= 4 is 11.8 Å². The lowest BCUT2D eigenvalue weighted by atomic mass is 9.85. The van der Waals surface area contributed by atoms with Gasteiger partial charge in [0.25, 0.3) is 0 Å². The molecule has 1 N–H and O–H groups in total. The third kappa shape index (κ3) is 2.69. The van der Waals surface area contributed by atoms with E-state index in [1.165, 1.54) is 5.56 Å². The molecule has 0 unspecified atom stereocenters. The maximum atomic E-state index is 10.1. The minimum atomic E-state index is -0.000255. The first kappa shape index (κ1) is 12.4. The van der Waals surface area contributed by atoms with Crippen LogP contribution in [0.5, 0.6) is 5.75 Å². The Kier molecular flexibility index (Phi) is 3.72. The Hall–Kier alpha value is -0.630. The molecule has 2 heteroatoms. The van der Waals surface area contributed by atoms with Gasteiger partial charge in [-0.25, -0.2) is 0 Å². The van der Waals surface area contributed by atoms with E-state index in [1.807, 2.05) is 6.26 Å². The van der Waals surface area contributed by atoms with Gasteiger partial charge < -0.3 is 5.11 Å². The number of thioether (sulfide) groups is 1. The summed E-state index contributed by atoms with van der Waals surface area (Å²) in [7, 11) is 0. The average molecular weight is 224 g/mol. The van der Waals surface area contributed by atoms with Crippen molar-refractivity contribution in [3.05, 3.63) is 23.3 Å². The van der Waals surface area contributed by atoms with Crippen LogP contribution in [0.1, 0.15) is 38.8 Å². The zero-order valence-corrected chi connectivity index (χ0v) is 11.0. The average Bonchev–Trinajstić information content (AvgIpc) is 2.16. The number of phenolic OH excluding ortho intramolecular Hbond substituents is 1. The van der Waals surface area contributed by atoms with Gasteiger partial charge in [0.05, 0.1) is 0 Å². The Morgan fingerprint density at radius 2 is 1.87 bits per heavy atom. The number of aromatic hydroxyl groups is 1. The molecule has 0 bridgehead atoms. The van der Waals surface area contributed by atoms with Crippen LogP contribution >= 0.6 is 11.8 Å². The molecule has 0 aliphatic rings. The van der Waals surface area contributed by atoms with Gasteiger partial charge in [-0.05, 0) is 29.7 Å². The first-order chi connectivity index (χ1) is 6.90. The van der Waals surface area contributed by atoms with Crippen molar-refractivity contribution in [3.63, 3.8) is 0 Å². The zero-order valence-electron chi connectivity index (χ0n) is 10.2. The molecule has 0 fully saturated rings.